The van der Waals surface area contributed by atoms with Crippen LogP contribution < -0.4 is 0 Å². The van der Waals surface area contributed by atoms with E-state index in [0.29, 0.717) is 23.0 Å². The number of hydrogen-bond donors (Lipinski definition) is 0. The largest absolute Gasteiger partial charge is 0.421 e. The maximum absolute atomic E-state index is 13.5. The molecule has 0 saturated heterocycles. The summed E-state index contributed by atoms with van der Waals surface area (Å²) in [4.78, 5) is 20.1. The van der Waals surface area contributed by atoms with Crippen LogP contribution in [-0.2, 0) is 16.0 Å². The van der Waals surface area contributed by atoms with Gasteiger partial charge in [-0.25, -0.2) is 27.9 Å². The lowest BCUT2D eigenvalue weighted by molar-refractivity contribution is -0.312. The molecule has 2 aromatic rings. The Balaban J connectivity index is 1.96. The Kier molecular flexibility index (Phi) is 10.4. The van der Waals surface area contributed by atoms with Crippen molar-refractivity contribution in [2.24, 2.45) is 0 Å². The van der Waals surface area contributed by atoms with E-state index in [2.05, 4.69) is 21.6 Å². The predicted octanol–water partition coefficient (Wildman–Crippen LogP) is 6.99. The minimum atomic E-state index is -6.12. The van der Waals surface area contributed by atoms with Crippen LogP contribution in [0.1, 0.15) is 43.7 Å². The number of nitrogens with zero attached hydrogens (tertiary/aromatic N) is 2. The molecule has 1 heterocycles. The van der Waals surface area contributed by atoms with Crippen LogP contribution in [-0.4, -0.2) is 46.7 Å². The minimum absolute atomic E-state index is 0.317. The number of ether oxygens (including phenoxy) is 1. The second-order valence-electron chi connectivity index (χ2n) is 7.92. The predicted molar refractivity (Wildman–Crippen MR) is 116 cm³/mol. The Labute approximate surface area is 202 Å². The van der Waals surface area contributed by atoms with E-state index in [-0.39, 0.29) is 0 Å². The number of carbonyl (C=O) groups is 1. The van der Waals surface area contributed by atoms with Crippen LogP contribution in [0.3, 0.4) is 0 Å². The van der Waals surface area contributed by atoms with Gasteiger partial charge in [-0.15, -0.1) is 0 Å². The molecule has 0 radical (unpaired) electrons. The van der Waals surface area contributed by atoms with Crippen molar-refractivity contribution < 1.29 is 44.7 Å². The normalized spacial score (nSPS) is 14.3. The van der Waals surface area contributed by atoms with Crippen LogP contribution >= 0.6 is 0 Å². The fourth-order valence-electron chi connectivity index (χ4n) is 3.01. The van der Waals surface area contributed by atoms with Crippen LogP contribution in [0, 0.1) is 0 Å². The molecule has 12 heteroatoms. The van der Waals surface area contributed by atoms with Gasteiger partial charge in [0, 0.05) is 24.0 Å². The average molecular weight is 524 g/mol. The molecule has 2 unspecified atom stereocenters. The molecule has 0 spiro atoms. The van der Waals surface area contributed by atoms with Crippen molar-refractivity contribution in [2.45, 2.75) is 69.8 Å². The smallest absolute Gasteiger partial charge is 0.378 e. The zero-order valence-corrected chi connectivity index (χ0v) is 19.1. The van der Waals surface area contributed by atoms with Crippen molar-refractivity contribution in [2.75, 3.05) is 0 Å². The number of aryl methyl sites for hydroxylation is 1. The summed E-state index contributed by atoms with van der Waals surface area (Å²) in [6.07, 6.45) is -3.30. The van der Waals surface area contributed by atoms with E-state index in [1.807, 2.05) is 0 Å². The molecule has 4 nitrogen and oxygen atoms in total. The Bertz CT molecular complexity index is 998. The van der Waals surface area contributed by atoms with Crippen molar-refractivity contribution in [3.63, 3.8) is 0 Å². The van der Waals surface area contributed by atoms with Crippen molar-refractivity contribution in [3.05, 3.63) is 53.9 Å². The molecule has 0 aliphatic rings. The summed E-state index contributed by atoms with van der Waals surface area (Å²) in [5, 5.41) is 0. The lowest BCUT2D eigenvalue weighted by Crippen LogP contribution is -2.56. The second kappa shape index (κ2) is 12.8. The van der Waals surface area contributed by atoms with Gasteiger partial charge in [-0.05, 0) is 30.0 Å². The minimum Gasteiger partial charge on any atom is -0.421 e. The lowest BCUT2D eigenvalue weighted by atomic mass is 10.1. The van der Waals surface area contributed by atoms with Gasteiger partial charge in [-0.1, -0.05) is 50.5 Å². The number of rotatable bonds is 13. The van der Waals surface area contributed by atoms with Crippen molar-refractivity contribution in [3.8, 4) is 11.4 Å². The molecule has 198 valence electrons. The molecule has 0 bridgehead atoms. The number of hydrogen-bond acceptors (Lipinski definition) is 4. The number of halogens is 8. The third-order valence-electron chi connectivity index (χ3n) is 5.12. The van der Waals surface area contributed by atoms with Gasteiger partial charge in [0.2, 0.25) is 6.17 Å². The van der Waals surface area contributed by atoms with Crippen LogP contribution in [0.5, 0.6) is 0 Å². The van der Waals surface area contributed by atoms with Crippen molar-refractivity contribution in [1.82, 2.24) is 9.97 Å². The Morgan fingerprint density at radius 2 is 1.56 bits per heavy atom. The number of benzene rings is 1. The quantitative estimate of drug-likeness (QED) is 0.123. The number of alkyl halides is 8. The molecular formula is C24H24F8N2O2. The van der Waals surface area contributed by atoms with E-state index in [0.717, 1.165) is 43.7 Å². The zero-order valence-electron chi connectivity index (χ0n) is 19.1. The van der Waals surface area contributed by atoms with E-state index in [9.17, 15) is 39.9 Å². The average Bonchev–Trinajstić information content (AvgIpc) is 2.85. The summed E-state index contributed by atoms with van der Waals surface area (Å²) in [5.74, 6) is -13.5. The van der Waals surface area contributed by atoms with E-state index in [4.69, 9.17) is 0 Å². The third-order valence-corrected chi connectivity index (χ3v) is 5.12. The maximum atomic E-state index is 13.5. The molecule has 36 heavy (non-hydrogen) atoms. The van der Waals surface area contributed by atoms with Crippen LogP contribution in [0.15, 0.2) is 42.7 Å². The first-order valence-electron chi connectivity index (χ1n) is 11.0. The number of esters is 1. The number of unbranched alkanes of at least 4 members (excludes halogenated alkanes) is 3. The van der Waals surface area contributed by atoms with Gasteiger partial charge < -0.3 is 4.74 Å². The summed E-state index contributed by atoms with van der Waals surface area (Å²) >= 11 is 0. The fraction of sp³-hybridized carbons (Fsp3) is 0.458. The van der Waals surface area contributed by atoms with Gasteiger partial charge in [0.25, 0.3) is 6.43 Å². The van der Waals surface area contributed by atoms with Gasteiger partial charge in [0.05, 0.1) is 0 Å². The van der Waals surface area contributed by atoms with Crippen molar-refractivity contribution in [1.29, 1.82) is 0 Å². The highest BCUT2D eigenvalue weighted by Gasteiger charge is 2.70. The Hall–Kier alpha value is -3.05. The van der Waals surface area contributed by atoms with Gasteiger partial charge in [-0.2, -0.15) is 22.0 Å². The topological polar surface area (TPSA) is 52.1 Å². The highest BCUT2D eigenvalue weighted by Crippen LogP contribution is 2.44. The van der Waals surface area contributed by atoms with Crippen LogP contribution in [0.2, 0.25) is 0 Å². The van der Waals surface area contributed by atoms with Crippen LogP contribution in [0.4, 0.5) is 35.1 Å². The molecule has 0 saturated carbocycles. The van der Waals surface area contributed by atoms with E-state index >= 15 is 0 Å². The molecule has 0 aliphatic heterocycles. The number of carbonyl (C=O) groups excluding carboxylic acids is 1. The molecular weight excluding hydrogens is 500 g/mol. The maximum Gasteiger partial charge on any atom is 0.378 e. The summed E-state index contributed by atoms with van der Waals surface area (Å²) in [6, 6.07) is 6.12. The van der Waals surface area contributed by atoms with Crippen molar-refractivity contribution >= 4 is 12.0 Å². The monoisotopic (exact) mass is 524 g/mol. The SMILES string of the molecule is CCCCCCc1cnc(-c2ccc(C=CC(=O)OC(F)C(F)(F)C(F)(F)C(F)C(F)F)cc2)nc1. The standard InChI is InChI=1S/C24H24F8N2O2/c1-2-3-4-5-6-16-13-33-21(34-14-16)17-10-7-15(8-11-17)9-12-18(35)36-22(28)24(31,32)23(29,30)19(25)20(26)27/h7-14,19-20,22H,2-6H2,1H3. The lowest BCUT2D eigenvalue weighted by Gasteiger charge is -2.30. The molecule has 1 aromatic heterocycles. The first kappa shape index (κ1) is 29.2. The third kappa shape index (κ3) is 7.47. The zero-order chi connectivity index (χ0) is 26.9. The van der Waals surface area contributed by atoms with E-state index in [1.54, 1.807) is 24.5 Å². The van der Waals surface area contributed by atoms with Gasteiger partial charge in [0.15, 0.2) is 5.82 Å². The number of aromatic nitrogens is 2. The fourth-order valence-corrected chi connectivity index (χ4v) is 3.01. The highest BCUT2D eigenvalue weighted by atomic mass is 19.3. The molecule has 2 atom stereocenters. The molecule has 2 rings (SSSR count). The molecule has 1 aromatic carbocycles. The summed E-state index contributed by atoms with van der Waals surface area (Å²) in [7, 11) is 0. The molecule has 0 aliphatic carbocycles. The van der Waals surface area contributed by atoms with Gasteiger partial charge >= 0.3 is 24.2 Å². The molecule has 0 fully saturated rings. The molecule has 0 N–H and O–H groups in total. The Morgan fingerprint density at radius 3 is 2.11 bits per heavy atom. The van der Waals surface area contributed by atoms with E-state index in [1.165, 1.54) is 12.1 Å². The summed E-state index contributed by atoms with van der Waals surface area (Å²) in [6.45, 7) is 2.13. The van der Waals surface area contributed by atoms with Gasteiger partial charge in [-0.3, -0.25) is 0 Å². The summed E-state index contributed by atoms with van der Waals surface area (Å²) in [5.41, 5.74) is 1.94. The van der Waals surface area contributed by atoms with E-state index < -0.39 is 36.8 Å². The summed E-state index contributed by atoms with van der Waals surface area (Å²) < 4.78 is 107. The molecule has 0 amide bonds. The second-order valence-corrected chi connectivity index (χ2v) is 7.92. The van der Waals surface area contributed by atoms with Gasteiger partial charge in [0.1, 0.15) is 0 Å². The Morgan fingerprint density at radius 1 is 0.944 bits per heavy atom. The first-order chi connectivity index (χ1) is 16.9. The van der Waals surface area contributed by atoms with Crippen LogP contribution in [0.25, 0.3) is 17.5 Å². The first-order valence-corrected chi connectivity index (χ1v) is 11.0. The highest BCUT2D eigenvalue weighted by molar-refractivity contribution is 5.87.